The lowest BCUT2D eigenvalue weighted by molar-refractivity contribution is 0.166. The van der Waals surface area contributed by atoms with Crippen LogP contribution in [0.2, 0.25) is 0 Å². The van der Waals surface area contributed by atoms with E-state index in [4.69, 9.17) is 10.7 Å². The number of nitrogens with zero attached hydrogens (tertiary/aromatic N) is 2. The maximum atomic E-state index is 6.10. The van der Waals surface area contributed by atoms with E-state index in [0.29, 0.717) is 17.4 Å². The highest BCUT2D eigenvalue weighted by atomic mass is 15.1. The second-order valence-corrected chi connectivity index (χ2v) is 8.34. The van der Waals surface area contributed by atoms with E-state index in [-0.39, 0.29) is 0 Å². The van der Waals surface area contributed by atoms with Crippen molar-refractivity contribution in [1.82, 2.24) is 9.55 Å². The van der Waals surface area contributed by atoms with Crippen LogP contribution in [0.1, 0.15) is 76.0 Å². The predicted molar refractivity (Wildman–Crippen MR) is 87.4 cm³/mol. The van der Waals surface area contributed by atoms with E-state index >= 15 is 0 Å². The number of imidazole rings is 1. The van der Waals surface area contributed by atoms with E-state index in [1.54, 1.807) is 0 Å². The van der Waals surface area contributed by atoms with Crippen molar-refractivity contribution >= 4 is 0 Å². The summed E-state index contributed by atoms with van der Waals surface area (Å²) in [6, 6.07) is 0.317. The van der Waals surface area contributed by atoms with E-state index in [0.717, 1.165) is 25.2 Å². The molecular formula is C18H31N3. The van der Waals surface area contributed by atoms with Gasteiger partial charge in [0.25, 0.3) is 0 Å². The fourth-order valence-electron chi connectivity index (χ4n) is 4.34. The van der Waals surface area contributed by atoms with Crippen LogP contribution in [0.3, 0.4) is 0 Å². The maximum Gasteiger partial charge on any atom is 0.112 e. The molecule has 1 fully saturated rings. The molecule has 2 N–H and O–H groups in total. The maximum absolute atomic E-state index is 6.10. The Labute approximate surface area is 129 Å². The molecule has 2 aliphatic rings. The van der Waals surface area contributed by atoms with Crippen molar-refractivity contribution in [3.05, 3.63) is 17.2 Å². The average Bonchev–Trinajstić information content (AvgIpc) is 2.74. The van der Waals surface area contributed by atoms with Gasteiger partial charge in [-0.05, 0) is 49.9 Å². The van der Waals surface area contributed by atoms with Crippen LogP contribution in [-0.2, 0) is 19.9 Å². The van der Waals surface area contributed by atoms with Crippen molar-refractivity contribution in [1.29, 1.82) is 0 Å². The average molecular weight is 289 g/mol. The van der Waals surface area contributed by atoms with Crippen molar-refractivity contribution in [3.63, 3.8) is 0 Å². The van der Waals surface area contributed by atoms with Crippen LogP contribution in [0.25, 0.3) is 0 Å². The third kappa shape index (κ3) is 2.90. The van der Waals surface area contributed by atoms with Gasteiger partial charge in [-0.2, -0.15) is 0 Å². The topological polar surface area (TPSA) is 43.8 Å². The van der Waals surface area contributed by atoms with Crippen molar-refractivity contribution in [2.24, 2.45) is 24.1 Å². The molecule has 1 aromatic rings. The van der Waals surface area contributed by atoms with Gasteiger partial charge in [-0.25, -0.2) is 4.98 Å². The zero-order valence-electron chi connectivity index (χ0n) is 14.2. The summed E-state index contributed by atoms with van der Waals surface area (Å²) in [6.07, 6.45) is 8.51. The summed E-state index contributed by atoms with van der Waals surface area (Å²) in [6.45, 7) is 7.16. The molecule has 3 rings (SSSR count). The molecule has 3 heteroatoms. The van der Waals surface area contributed by atoms with Crippen molar-refractivity contribution < 1.29 is 0 Å². The Kier molecular flexibility index (Phi) is 3.89. The summed E-state index contributed by atoms with van der Waals surface area (Å²) >= 11 is 0. The molecule has 1 aromatic heterocycles. The highest BCUT2D eigenvalue weighted by molar-refractivity contribution is 5.23. The molecule has 0 bridgehead atoms. The fraction of sp³-hybridized carbons (Fsp3) is 0.833. The Hall–Kier alpha value is -0.830. The zero-order valence-corrected chi connectivity index (χ0v) is 14.2. The fourth-order valence-corrected chi connectivity index (χ4v) is 4.34. The molecule has 1 heterocycles. The quantitative estimate of drug-likeness (QED) is 0.859. The molecule has 1 atom stereocenters. The van der Waals surface area contributed by atoms with Gasteiger partial charge in [-0.15, -0.1) is 0 Å². The number of fused-ring (bicyclic) bond motifs is 1. The first-order chi connectivity index (χ1) is 9.86. The second kappa shape index (κ2) is 5.42. The Balaban J connectivity index is 1.74. The van der Waals surface area contributed by atoms with E-state index in [1.165, 1.54) is 42.9 Å². The molecule has 3 nitrogen and oxygen atoms in total. The normalized spacial score (nSPS) is 30.2. The number of hydrogen-bond donors (Lipinski definition) is 1. The Morgan fingerprint density at radius 1 is 1.10 bits per heavy atom. The van der Waals surface area contributed by atoms with Crippen molar-refractivity contribution in [2.45, 2.75) is 77.7 Å². The van der Waals surface area contributed by atoms with Gasteiger partial charge in [-0.3, -0.25) is 0 Å². The molecule has 1 unspecified atom stereocenters. The first-order valence-corrected chi connectivity index (χ1v) is 8.66. The minimum Gasteiger partial charge on any atom is -0.335 e. The first kappa shape index (κ1) is 15.1. The Morgan fingerprint density at radius 3 is 2.38 bits per heavy atom. The number of nitrogens with two attached hydrogens (primary N) is 1. The summed E-state index contributed by atoms with van der Waals surface area (Å²) in [5, 5.41) is 0. The molecule has 0 saturated heterocycles. The van der Waals surface area contributed by atoms with Gasteiger partial charge in [0.05, 0.1) is 5.69 Å². The SMILES string of the molecule is Cn1c(C2CCC(C(C)(C)C)CC2)nc2c1CCC(N)C2. The summed E-state index contributed by atoms with van der Waals surface area (Å²) < 4.78 is 2.39. The Bertz CT molecular complexity index is 501. The third-order valence-electron chi connectivity index (χ3n) is 5.86. The van der Waals surface area contributed by atoms with Crippen LogP contribution in [0.5, 0.6) is 0 Å². The van der Waals surface area contributed by atoms with Gasteiger partial charge in [0, 0.05) is 31.1 Å². The summed E-state index contributed by atoms with van der Waals surface area (Å²) in [5.41, 5.74) is 9.29. The summed E-state index contributed by atoms with van der Waals surface area (Å²) in [5.74, 6) is 2.87. The standard InChI is InChI=1S/C18H31N3/c1-18(2,3)13-7-5-12(6-8-13)17-20-15-11-14(19)9-10-16(15)21(17)4/h12-14H,5-11,19H2,1-4H3. The van der Waals surface area contributed by atoms with Crippen LogP contribution < -0.4 is 5.73 Å². The minimum absolute atomic E-state index is 0.317. The molecule has 0 radical (unpaired) electrons. The molecule has 0 amide bonds. The molecule has 118 valence electrons. The number of rotatable bonds is 1. The lowest BCUT2D eigenvalue weighted by Gasteiger charge is -2.36. The van der Waals surface area contributed by atoms with Gasteiger partial charge < -0.3 is 10.3 Å². The summed E-state index contributed by atoms with van der Waals surface area (Å²) in [4.78, 5) is 4.99. The second-order valence-electron chi connectivity index (χ2n) is 8.34. The molecule has 0 spiro atoms. The predicted octanol–water partition coefficient (Wildman–Crippen LogP) is 3.56. The zero-order chi connectivity index (χ0) is 15.2. The monoisotopic (exact) mass is 289 g/mol. The van der Waals surface area contributed by atoms with E-state index in [1.807, 2.05) is 0 Å². The molecule has 21 heavy (non-hydrogen) atoms. The van der Waals surface area contributed by atoms with Crippen LogP contribution in [0, 0.1) is 11.3 Å². The molecule has 0 aromatic carbocycles. The Morgan fingerprint density at radius 2 is 1.76 bits per heavy atom. The van der Waals surface area contributed by atoms with E-state index in [9.17, 15) is 0 Å². The number of aromatic nitrogens is 2. The molecule has 2 aliphatic carbocycles. The van der Waals surface area contributed by atoms with Gasteiger partial charge >= 0.3 is 0 Å². The van der Waals surface area contributed by atoms with Gasteiger partial charge in [-0.1, -0.05) is 20.8 Å². The first-order valence-electron chi connectivity index (χ1n) is 8.66. The smallest absolute Gasteiger partial charge is 0.112 e. The molecule has 1 saturated carbocycles. The van der Waals surface area contributed by atoms with Crippen molar-refractivity contribution in [2.75, 3.05) is 0 Å². The van der Waals surface area contributed by atoms with Gasteiger partial charge in [0.2, 0.25) is 0 Å². The summed E-state index contributed by atoms with van der Waals surface area (Å²) in [7, 11) is 2.22. The number of hydrogen-bond acceptors (Lipinski definition) is 2. The van der Waals surface area contributed by atoms with E-state index in [2.05, 4.69) is 32.4 Å². The van der Waals surface area contributed by atoms with Crippen LogP contribution in [-0.4, -0.2) is 15.6 Å². The van der Waals surface area contributed by atoms with E-state index < -0.39 is 0 Å². The van der Waals surface area contributed by atoms with Crippen LogP contribution in [0.4, 0.5) is 0 Å². The van der Waals surface area contributed by atoms with Crippen molar-refractivity contribution in [3.8, 4) is 0 Å². The molecular weight excluding hydrogens is 258 g/mol. The minimum atomic E-state index is 0.317. The van der Waals surface area contributed by atoms with Gasteiger partial charge in [0.1, 0.15) is 5.82 Å². The van der Waals surface area contributed by atoms with Crippen LogP contribution >= 0.6 is 0 Å². The largest absolute Gasteiger partial charge is 0.335 e. The lowest BCUT2D eigenvalue weighted by atomic mass is 9.69. The molecule has 0 aliphatic heterocycles. The highest BCUT2D eigenvalue weighted by Crippen LogP contribution is 2.43. The van der Waals surface area contributed by atoms with Gasteiger partial charge in [0.15, 0.2) is 0 Å². The lowest BCUT2D eigenvalue weighted by Crippen LogP contribution is -2.28. The van der Waals surface area contributed by atoms with Crippen LogP contribution in [0.15, 0.2) is 0 Å². The highest BCUT2D eigenvalue weighted by Gasteiger charge is 2.33. The third-order valence-corrected chi connectivity index (χ3v) is 5.86.